The second-order valence-corrected chi connectivity index (χ2v) is 14.3. The van der Waals surface area contributed by atoms with Crippen LogP contribution in [0.3, 0.4) is 0 Å². The van der Waals surface area contributed by atoms with Crippen molar-refractivity contribution < 1.29 is 38.2 Å². The van der Waals surface area contributed by atoms with E-state index in [2.05, 4.69) is 16.0 Å². The first-order valence-electron chi connectivity index (χ1n) is 19.8. The van der Waals surface area contributed by atoms with Gasteiger partial charge in [-0.1, -0.05) is 79.2 Å². The number of ether oxygens (including phenoxy) is 2. The van der Waals surface area contributed by atoms with Crippen molar-refractivity contribution in [3.8, 4) is 11.5 Å². The molecule has 0 aromatic heterocycles. The normalized spacial score (nSPS) is 11.9. The van der Waals surface area contributed by atoms with Crippen molar-refractivity contribution >= 4 is 34.9 Å². The van der Waals surface area contributed by atoms with Crippen LogP contribution >= 0.6 is 0 Å². The van der Waals surface area contributed by atoms with Crippen molar-refractivity contribution in [3.05, 3.63) is 130 Å². The number of ketones is 4. The molecule has 312 valence electrons. The van der Waals surface area contributed by atoms with Crippen LogP contribution in [0.25, 0.3) is 0 Å². The molecule has 0 saturated carbocycles. The smallest absolute Gasteiger partial charge is 0.255 e. The highest BCUT2D eigenvalue weighted by Gasteiger charge is 2.25. The van der Waals surface area contributed by atoms with E-state index in [1.807, 2.05) is 36.4 Å². The Balaban J connectivity index is 1.35. The first-order valence-corrected chi connectivity index (χ1v) is 19.8. The summed E-state index contributed by atoms with van der Waals surface area (Å²) in [6.07, 6.45) is 3.27. The average Bonchev–Trinajstić information content (AvgIpc) is 3.25. The van der Waals surface area contributed by atoms with Crippen LogP contribution in [0.4, 0.5) is 0 Å². The summed E-state index contributed by atoms with van der Waals surface area (Å²) in [5.74, 6) is -1.21. The standard InChI is InChI=1S/C46H55N5O8/c1-58-43-21-19-31(25-35(43)45(48)56)28-40(53)38(18-10-12-24-50-30-42(55)34-15-7-4-8-16-34)51-46(57)36-26-32(20-22-44(36)59-2)27-39(52)37(47)17-9-11-23-49-29-41(54)33-13-5-3-6-14-33/h3-8,13-16,19-22,25-26,37-38,49-50H,9-12,17-18,23-24,27-30,47H2,1-2H3,(H2,48,56)(H,51,57)/t37-,38-/m0/s1. The van der Waals surface area contributed by atoms with Crippen LogP contribution in [0.15, 0.2) is 97.1 Å². The molecule has 7 N–H and O–H groups in total. The summed E-state index contributed by atoms with van der Waals surface area (Å²) in [6, 6.07) is 26.1. The molecule has 2 atom stereocenters. The Labute approximate surface area is 345 Å². The molecular weight excluding hydrogens is 751 g/mol. The topological polar surface area (TPSA) is 209 Å². The molecule has 0 aliphatic rings. The zero-order chi connectivity index (χ0) is 42.6. The third-order valence-electron chi connectivity index (χ3n) is 9.88. The maximum absolute atomic E-state index is 13.9. The van der Waals surface area contributed by atoms with E-state index in [1.165, 1.54) is 20.3 Å². The number of amides is 2. The van der Waals surface area contributed by atoms with E-state index in [4.69, 9.17) is 20.9 Å². The molecule has 0 heterocycles. The molecule has 0 saturated heterocycles. The van der Waals surface area contributed by atoms with E-state index < -0.39 is 23.9 Å². The van der Waals surface area contributed by atoms with Gasteiger partial charge in [-0.2, -0.15) is 0 Å². The molecule has 2 amide bonds. The Morgan fingerprint density at radius 1 is 0.593 bits per heavy atom. The predicted octanol–water partition coefficient (Wildman–Crippen LogP) is 4.44. The van der Waals surface area contributed by atoms with Crippen LogP contribution in [0, 0.1) is 0 Å². The van der Waals surface area contributed by atoms with E-state index in [0.29, 0.717) is 67.4 Å². The molecule has 59 heavy (non-hydrogen) atoms. The maximum atomic E-state index is 13.9. The SMILES string of the molecule is COc1ccc(CC(=O)[C@H](CCCCNCC(=O)c2ccccc2)NC(=O)c2cc(CC(=O)[C@@H](N)CCCCNCC(=O)c3ccccc3)ccc2OC)cc1C(N)=O. The molecular formula is C46H55N5O8. The van der Waals surface area contributed by atoms with Gasteiger partial charge < -0.3 is 36.9 Å². The highest BCUT2D eigenvalue weighted by Crippen LogP contribution is 2.23. The molecule has 0 unspecified atom stereocenters. The zero-order valence-electron chi connectivity index (χ0n) is 33.8. The second kappa shape index (κ2) is 24.0. The molecule has 13 nitrogen and oxygen atoms in total. The maximum Gasteiger partial charge on any atom is 0.255 e. The Hall–Kier alpha value is -6.02. The fraction of sp³-hybridized carbons (Fsp3) is 0.348. The average molecular weight is 806 g/mol. The van der Waals surface area contributed by atoms with Gasteiger partial charge in [0.2, 0.25) is 0 Å². The number of Topliss-reactive ketones (excluding diaryl/α,β-unsaturated/α-hetero) is 4. The predicted molar refractivity (Wildman–Crippen MR) is 226 cm³/mol. The summed E-state index contributed by atoms with van der Waals surface area (Å²) in [4.78, 5) is 77.6. The Morgan fingerprint density at radius 3 is 1.58 bits per heavy atom. The molecule has 0 aliphatic carbocycles. The minimum Gasteiger partial charge on any atom is -0.496 e. The van der Waals surface area contributed by atoms with Crippen LogP contribution in [-0.4, -0.2) is 87.4 Å². The lowest BCUT2D eigenvalue weighted by Gasteiger charge is -2.20. The van der Waals surface area contributed by atoms with Gasteiger partial charge in [0.1, 0.15) is 11.5 Å². The first-order chi connectivity index (χ1) is 28.5. The Morgan fingerprint density at radius 2 is 1.07 bits per heavy atom. The van der Waals surface area contributed by atoms with E-state index in [9.17, 15) is 28.8 Å². The summed E-state index contributed by atoms with van der Waals surface area (Å²) in [5, 5.41) is 9.18. The quantitative estimate of drug-likeness (QED) is 0.0421. The van der Waals surface area contributed by atoms with Crippen LogP contribution < -0.4 is 36.9 Å². The van der Waals surface area contributed by atoms with Gasteiger partial charge in [-0.05, 0) is 80.6 Å². The third-order valence-corrected chi connectivity index (χ3v) is 9.88. The third kappa shape index (κ3) is 14.7. The van der Waals surface area contributed by atoms with Gasteiger partial charge in [0.05, 0.1) is 50.5 Å². The zero-order valence-corrected chi connectivity index (χ0v) is 33.8. The number of unbranched alkanes of at least 4 members (excludes halogenated alkanes) is 2. The minimum atomic E-state index is -0.915. The molecule has 0 spiro atoms. The number of primary amides is 1. The van der Waals surface area contributed by atoms with E-state index in [-0.39, 0.29) is 71.7 Å². The number of carbonyl (C=O) groups is 6. The van der Waals surface area contributed by atoms with Gasteiger partial charge in [-0.3, -0.25) is 28.8 Å². The number of rotatable bonds is 27. The summed E-state index contributed by atoms with van der Waals surface area (Å²) >= 11 is 0. The summed E-state index contributed by atoms with van der Waals surface area (Å²) in [5.41, 5.74) is 14.5. The number of nitrogens with one attached hydrogen (secondary N) is 3. The first kappa shape index (κ1) is 45.7. The van der Waals surface area contributed by atoms with Crippen LogP contribution in [0.2, 0.25) is 0 Å². The molecule has 0 bridgehead atoms. The molecule has 4 aromatic carbocycles. The van der Waals surface area contributed by atoms with Crippen molar-refractivity contribution in [3.63, 3.8) is 0 Å². The van der Waals surface area contributed by atoms with Gasteiger partial charge in [0, 0.05) is 24.0 Å². The lowest BCUT2D eigenvalue weighted by molar-refractivity contribution is -0.120. The van der Waals surface area contributed by atoms with Gasteiger partial charge in [0.25, 0.3) is 11.8 Å². The number of methoxy groups -OCH3 is 2. The van der Waals surface area contributed by atoms with Gasteiger partial charge >= 0.3 is 0 Å². The molecule has 0 radical (unpaired) electrons. The van der Waals surface area contributed by atoms with E-state index in [0.717, 1.165) is 6.42 Å². The number of hydrogen-bond donors (Lipinski definition) is 5. The fourth-order valence-corrected chi connectivity index (χ4v) is 6.54. The highest BCUT2D eigenvalue weighted by atomic mass is 16.5. The second-order valence-electron chi connectivity index (χ2n) is 14.3. The van der Waals surface area contributed by atoms with Crippen LogP contribution in [-0.2, 0) is 22.4 Å². The van der Waals surface area contributed by atoms with Crippen molar-refractivity contribution in [2.75, 3.05) is 40.4 Å². The minimum absolute atomic E-state index is 0.00291. The number of carbonyl (C=O) groups excluding carboxylic acids is 6. The van der Waals surface area contributed by atoms with Gasteiger partial charge in [0.15, 0.2) is 23.1 Å². The Kier molecular flexibility index (Phi) is 18.6. The lowest BCUT2D eigenvalue weighted by Crippen LogP contribution is -2.42. The summed E-state index contributed by atoms with van der Waals surface area (Å²) in [6.45, 7) is 1.53. The van der Waals surface area contributed by atoms with E-state index in [1.54, 1.807) is 54.6 Å². The molecule has 0 aliphatic heterocycles. The van der Waals surface area contributed by atoms with Gasteiger partial charge in [-0.15, -0.1) is 0 Å². The highest BCUT2D eigenvalue weighted by molar-refractivity contribution is 6.01. The van der Waals surface area contributed by atoms with Crippen molar-refractivity contribution in [1.29, 1.82) is 0 Å². The molecule has 0 fully saturated rings. The van der Waals surface area contributed by atoms with Crippen LogP contribution in [0.1, 0.15) is 91.1 Å². The van der Waals surface area contributed by atoms with Crippen molar-refractivity contribution in [2.24, 2.45) is 11.5 Å². The fourth-order valence-electron chi connectivity index (χ4n) is 6.54. The van der Waals surface area contributed by atoms with Crippen LogP contribution in [0.5, 0.6) is 11.5 Å². The van der Waals surface area contributed by atoms with Crippen molar-refractivity contribution in [1.82, 2.24) is 16.0 Å². The number of hydrogen-bond acceptors (Lipinski definition) is 11. The van der Waals surface area contributed by atoms with Gasteiger partial charge in [-0.25, -0.2) is 0 Å². The Bertz CT molecular complexity index is 2040. The van der Waals surface area contributed by atoms with E-state index >= 15 is 0 Å². The lowest BCUT2D eigenvalue weighted by atomic mass is 9.96. The molecule has 4 rings (SSSR count). The summed E-state index contributed by atoms with van der Waals surface area (Å²) in [7, 11) is 2.84. The number of benzene rings is 4. The largest absolute Gasteiger partial charge is 0.496 e. The molecule has 4 aromatic rings. The molecule has 13 heteroatoms. The number of nitrogens with two attached hydrogens (primary N) is 2. The monoisotopic (exact) mass is 805 g/mol. The summed E-state index contributed by atoms with van der Waals surface area (Å²) < 4.78 is 10.7. The van der Waals surface area contributed by atoms with Crippen molar-refractivity contribution in [2.45, 2.75) is 63.5 Å².